The molecular formula is C14H17F2N3. The topological polar surface area (TPSA) is 30.3 Å². The van der Waals surface area contributed by atoms with E-state index in [4.69, 9.17) is 5.26 Å². The summed E-state index contributed by atoms with van der Waals surface area (Å²) >= 11 is 0. The summed E-state index contributed by atoms with van der Waals surface area (Å²) in [7, 11) is 4.03. The lowest BCUT2D eigenvalue weighted by Gasteiger charge is -2.36. The van der Waals surface area contributed by atoms with Gasteiger partial charge in [0.1, 0.15) is 5.69 Å². The summed E-state index contributed by atoms with van der Waals surface area (Å²) in [6, 6.07) is 4.40. The fourth-order valence-electron chi connectivity index (χ4n) is 2.54. The van der Waals surface area contributed by atoms with Crippen molar-refractivity contribution in [3.8, 4) is 6.07 Å². The Balaban J connectivity index is 2.18. The molecule has 1 aromatic carbocycles. The number of hydrogen-bond donors (Lipinski definition) is 0. The van der Waals surface area contributed by atoms with Crippen LogP contribution in [-0.2, 0) is 0 Å². The maximum Gasteiger partial charge on any atom is 0.150 e. The van der Waals surface area contributed by atoms with Gasteiger partial charge in [-0.05, 0) is 39.1 Å². The molecule has 0 N–H and O–H groups in total. The van der Waals surface area contributed by atoms with E-state index in [0.717, 1.165) is 25.0 Å². The molecule has 1 heterocycles. The van der Waals surface area contributed by atoms with Crippen molar-refractivity contribution in [1.82, 2.24) is 4.90 Å². The molecular weight excluding hydrogens is 248 g/mol. The Bertz CT molecular complexity index is 477. The number of rotatable bonds is 2. The van der Waals surface area contributed by atoms with E-state index in [1.807, 2.05) is 14.1 Å². The van der Waals surface area contributed by atoms with Gasteiger partial charge in [-0.3, -0.25) is 0 Å². The minimum atomic E-state index is -0.653. The van der Waals surface area contributed by atoms with E-state index in [1.165, 1.54) is 0 Å². The molecule has 0 amide bonds. The summed E-state index contributed by atoms with van der Waals surface area (Å²) < 4.78 is 27.8. The third kappa shape index (κ3) is 2.85. The third-order valence-corrected chi connectivity index (χ3v) is 3.66. The predicted molar refractivity (Wildman–Crippen MR) is 70.0 cm³/mol. The van der Waals surface area contributed by atoms with Crippen LogP contribution in [0, 0.1) is 23.0 Å². The zero-order valence-corrected chi connectivity index (χ0v) is 11.2. The van der Waals surface area contributed by atoms with E-state index in [2.05, 4.69) is 4.90 Å². The number of nitriles is 1. The van der Waals surface area contributed by atoms with E-state index in [-0.39, 0.29) is 11.3 Å². The molecule has 0 atom stereocenters. The number of anilines is 1. The van der Waals surface area contributed by atoms with Gasteiger partial charge in [0, 0.05) is 19.1 Å². The lowest BCUT2D eigenvalue weighted by molar-refractivity contribution is 0.249. The Kier molecular flexibility index (Phi) is 4.01. The highest BCUT2D eigenvalue weighted by Crippen LogP contribution is 2.28. The van der Waals surface area contributed by atoms with Crippen LogP contribution in [0.25, 0.3) is 0 Å². The molecule has 1 saturated heterocycles. The smallest absolute Gasteiger partial charge is 0.150 e. The van der Waals surface area contributed by atoms with Crippen LogP contribution in [-0.4, -0.2) is 38.1 Å². The quantitative estimate of drug-likeness (QED) is 0.822. The van der Waals surface area contributed by atoms with Gasteiger partial charge < -0.3 is 9.80 Å². The maximum absolute atomic E-state index is 13.9. The predicted octanol–water partition coefficient (Wildman–Crippen LogP) is 2.37. The Morgan fingerprint density at radius 2 is 1.74 bits per heavy atom. The SMILES string of the molecule is CN(C)C1CCN(c2c(F)cc(C#N)cc2F)CC1. The fourth-order valence-corrected chi connectivity index (χ4v) is 2.54. The molecule has 0 aromatic heterocycles. The molecule has 0 saturated carbocycles. The van der Waals surface area contributed by atoms with E-state index in [1.54, 1.807) is 11.0 Å². The van der Waals surface area contributed by atoms with Crippen molar-refractivity contribution < 1.29 is 8.78 Å². The molecule has 19 heavy (non-hydrogen) atoms. The van der Waals surface area contributed by atoms with E-state index in [9.17, 15) is 8.78 Å². The van der Waals surface area contributed by atoms with Gasteiger partial charge in [0.05, 0.1) is 11.6 Å². The van der Waals surface area contributed by atoms with Crippen molar-refractivity contribution in [3.05, 3.63) is 29.3 Å². The zero-order chi connectivity index (χ0) is 14.0. The molecule has 1 aromatic rings. The van der Waals surface area contributed by atoms with Gasteiger partial charge in [0.25, 0.3) is 0 Å². The van der Waals surface area contributed by atoms with Crippen molar-refractivity contribution in [2.24, 2.45) is 0 Å². The van der Waals surface area contributed by atoms with Crippen LogP contribution in [0.15, 0.2) is 12.1 Å². The van der Waals surface area contributed by atoms with Crippen LogP contribution in [0.5, 0.6) is 0 Å². The molecule has 1 aliphatic heterocycles. The number of nitrogens with zero attached hydrogens (tertiary/aromatic N) is 3. The van der Waals surface area contributed by atoms with Crippen LogP contribution < -0.4 is 4.90 Å². The second-order valence-corrected chi connectivity index (χ2v) is 5.08. The van der Waals surface area contributed by atoms with Crippen molar-refractivity contribution in [1.29, 1.82) is 5.26 Å². The molecule has 3 nitrogen and oxygen atoms in total. The minimum absolute atomic E-state index is 0.00351. The van der Waals surface area contributed by atoms with Crippen LogP contribution in [0.4, 0.5) is 14.5 Å². The lowest BCUT2D eigenvalue weighted by Crippen LogP contribution is -2.42. The largest absolute Gasteiger partial charge is 0.367 e. The van der Waals surface area contributed by atoms with Gasteiger partial charge in [0.2, 0.25) is 0 Å². The summed E-state index contributed by atoms with van der Waals surface area (Å²) in [6.45, 7) is 1.26. The Morgan fingerprint density at radius 1 is 1.21 bits per heavy atom. The number of halogens is 2. The molecule has 102 valence electrons. The average molecular weight is 265 g/mol. The van der Waals surface area contributed by atoms with Gasteiger partial charge in [-0.25, -0.2) is 8.78 Å². The Labute approximate surface area is 112 Å². The molecule has 1 fully saturated rings. The highest BCUT2D eigenvalue weighted by atomic mass is 19.1. The lowest BCUT2D eigenvalue weighted by atomic mass is 10.0. The van der Waals surface area contributed by atoms with Gasteiger partial charge in [0.15, 0.2) is 11.6 Å². The van der Waals surface area contributed by atoms with Gasteiger partial charge in [-0.2, -0.15) is 5.26 Å². The molecule has 0 spiro atoms. The first-order chi connectivity index (χ1) is 9.02. The summed E-state index contributed by atoms with van der Waals surface area (Å²) in [4.78, 5) is 3.87. The highest BCUT2D eigenvalue weighted by Gasteiger charge is 2.25. The highest BCUT2D eigenvalue weighted by molar-refractivity contribution is 5.53. The Morgan fingerprint density at radius 3 is 2.16 bits per heavy atom. The summed E-state index contributed by atoms with van der Waals surface area (Å²) in [5.74, 6) is -1.31. The second-order valence-electron chi connectivity index (χ2n) is 5.08. The normalized spacial score (nSPS) is 16.7. The van der Waals surface area contributed by atoms with Crippen LogP contribution in [0.1, 0.15) is 18.4 Å². The molecule has 0 radical (unpaired) electrons. The average Bonchev–Trinajstić information content (AvgIpc) is 2.38. The molecule has 1 aliphatic rings. The first kappa shape index (κ1) is 13.8. The summed E-state index contributed by atoms with van der Waals surface area (Å²) in [5.41, 5.74) is 0.0122. The summed E-state index contributed by atoms with van der Waals surface area (Å²) in [6.07, 6.45) is 1.76. The summed E-state index contributed by atoms with van der Waals surface area (Å²) in [5, 5.41) is 8.68. The van der Waals surface area contributed by atoms with Gasteiger partial charge in [-0.1, -0.05) is 0 Å². The second kappa shape index (κ2) is 5.54. The van der Waals surface area contributed by atoms with Gasteiger partial charge >= 0.3 is 0 Å². The minimum Gasteiger partial charge on any atom is -0.367 e. The number of hydrogen-bond acceptors (Lipinski definition) is 3. The molecule has 0 aliphatic carbocycles. The number of benzene rings is 1. The van der Waals surface area contributed by atoms with E-state index in [0.29, 0.717) is 19.1 Å². The van der Waals surface area contributed by atoms with Crippen molar-refractivity contribution >= 4 is 5.69 Å². The monoisotopic (exact) mass is 265 g/mol. The molecule has 2 rings (SSSR count). The molecule has 0 bridgehead atoms. The first-order valence-corrected chi connectivity index (χ1v) is 6.33. The number of piperidine rings is 1. The van der Waals surface area contributed by atoms with Crippen molar-refractivity contribution in [2.75, 3.05) is 32.1 Å². The fraction of sp³-hybridized carbons (Fsp3) is 0.500. The molecule has 0 unspecified atom stereocenters. The van der Waals surface area contributed by atoms with E-state index >= 15 is 0 Å². The van der Waals surface area contributed by atoms with Crippen molar-refractivity contribution in [2.45, 2.75) is 18.9 Å². The Hall–Kier alpha value is -1.67. The zero-order valence-electron chi connectivity index (χ0n) is 11.2. The standard InChI is InChI=1S/C14H17F2N3/c1-18(2)11-3-5-19(6-4-11)14-12(15)7-10(9-17)8-13(14)16/h7-8,11H,3-6H2,1-2H3. The maximum atomic E-state index is 13.9. The van der Waals surface area contributed by atoms with E-state index < -0.39 is 11.6 Å². The van der Waals surface area contributed by atoms with Crippen molar-refractivity contribution in [3.63, 3.8) is 0 Å². The van der Waals surface area contributed by atoms with Crippen LogP contribution >= 0.6 is 0 Å². The third-order valence-electron chi connectivity index (χ3n) is 3.66. The first-order valence-electron chi connectivity index (χ1n) is 6.33. The molecule has 5 heteroatoms. The van der Waals surface area contributed by atoms with Gasteiger partial charge in [-0.15, -0.1) is 0 Å². The van der Waals surface area contributed by atoms with Crippen LogP contribution in [0.3, 0.4) is 0 Å². The van der Waals surface area contributed by atoms with Crippen LogP contribution in [0.2, 0.25) is 0 Å².